The Kier molecular flexibility index (Phi) is 3.88. The van der Waals surface area contributed by atoms with Crippen LogP contribution in [0.3, 0.4) is 0 Å². The molecule has 0 spiro atoms. The molecule has 2 N–H and O–H groups in total. The van der Waals surface area contributed by atoms with Crippen LogP contribution in [-0.4, -0.2) is 41.5 Å². The highest BCUT2D eigenvalue weighted by molar-refractivity contribution is 5.99. The number of phenols is 1. The second-order valence-electron chi connectivity index (χ2n) is 5.40. The van der Waals surface area contributed by atoms with Crippen molar-refractivity contribution in [2.24, 2.45) is 5.92 Å². The van der Waals surface area contributed by atoms with Crippen molar-refractivity contribution in [2.45, 2.75) is 12.8 Å². The van der Waals surface area contributed by atoms with E-state index in [1.54, 1.807) is 19.1 Å². The zero-order valence-electron chi connectivity index (χ0n) is 13.3. The Morgan fingerprint density at radius 1 is 1.38 bits per heavy atom. The highest BCUT2D eigenvalue weighted by Crippen LogP contribution is 2.44. The number of H-pyrrole nitrogens is 1. The van der Waals surface area contributed by atoms with Gasteiger partial charge in [-0.1, -0.05) is 6.07 Å². The third-order valence-corrected chi connectivity index (χ3v) is 4.07. The third kappa shape index (κ3) is 2.36. The summed E-state index contributed by atoms with van der Waals surface area (Å²) < 4.78 is 15.0. The molecule has 1 aromatic heterocycles. The lowest BCUT2D eigenvalue weighted by Crippen LogP contribution is -2.38. The number of esters is 2. The number of benzene rings is 1. The summed E-state index contributed by atoms with van der Waals surface area (Å²) in [5.41, 5.74) is 1.86. The molecule has 2 unspecified atom stereocenters. The fourth-order valence-corrected chi connectivity index (χ4v) is 2.93. The molecule has 8 heteroatoms. The quantitative estimate of drug-likeness (QED) is 0.643. The minimum Gasteiger partial charge on any atom is -0.504 e. The average Bonchev–Trinajstić information content (AvgIpc) is 2.94. The van der Waals surface area contributed by atoms with Gasteiger partial charge in [-0.3, -0.25) is 14.7 Å². The summed E-state index contributed by atoms with van der Waals surface area (Å²) in [6.45, 7) is 1.77. The van der Waals surface area contributed by atoms with E-state index in [0.29, 0.717) is 16.8 Å². The first-order valence-electron chi connectivity index (χ1n) is 7.19. The number of aromatic amines is 1. The molecule has 8 nitrogen and oxygen atoms in total. The van der Waals surface area contributed by atoms with Gasteiger partial charge in [-0.25, -0.2) is 0 Å². The molecule has 0 saturated carbocycles. The zero-order valence-corrected chi connectivity index (χ0v) is 13.3. The van der Waals surface area contributed by atoms with E-state index in [-0.39, 0.29) is 17.4 Å². The zero-order chi connectivity index (χ0) is 17.4. The maximum absolute atomic E-state index is 12.3. The standard InChI is InChI=1S/C16H16N2O6/c1-7-11-12(8-4-5-9(19)10(6-8)22-2)13(15(20)23-3)16(21)24-14(11)18-17-7/h4-6,12-13,19H,1-3H3,(H,17,18). The molecule has 2 atom stereocenters. The van der Waals surface area contributed by atoms with Gasteiger partial charge in [0, 0.05) is 17.2 Å². The van der Waals surface area contributed by atoms with E-state index >= 15 is 0 Å². The number of phenolic OH excluding ortho intramolecular Hbond substituents is 1. The van der Waals surface area contributed by atoms with E-state index in [1.807, 2.05) is 0 Å². The SMILES string of the molecule is COC(=O)C1C(=O)Oc2n[nH]c(C)c2C1c1ccc(O)c(OC)c1. The van der Waals surface area contributed by atoms with Crippen LogP contribution in [0.15, 0.2) is 18.2 Å². The summed E-state index contributed by atoms with van der Waals surface area (Å²) in [6, 6.07) is 4.63. The molecule has 3 rings (SSSR count). The van der Waals surface area contributed by atoms with Crippen molar-refractivity contribution in [3.05, 3.63) is 35.0 Å². The van der Waals surface area contributed by atoms with E-state index in [1.165, 1.54) is 20.3 Å². The van der Waals surface area contributed by atoms with Crippen LogP contribution in [0.2, 0.25) is 0 Å². The van der Waals surface area contributed by atoms with Gasteiger partial charge in [0.15, 0.2) is 17.4 Å². The van der Waals surface area contributed by atoms with Crippen molar-refractivity contribution in [3.63, 3.8) is 0 Å². The van der Waals surface area contributed by atoms with E-state index in [4.69, 9.17) is 14.2 Å². The van der Waals surface area contributed by atoms with E-state index in [2.05, 4.69) is 10.2 Å². The van der Waals surface area contributed by atoms with Gasteiger partial charge in [0.05, 0.1) is 14.2 Å². The minimum atomic E-state index is -1.17. The summed E-state index contributed by atoms with van der Waals surface area (Å²) in [5.74, 6) is -2.96. The van der Waals surface area contributed by atoms with Crippen LogP contribution in [0.4, 0.5) is 0 Å². The van der Waals surface area contributed by atoms with Crippen molar-refractivity contribution in [3.8, 4) is 17.4 Å². The van der Waals surface area contributed by atoms with E-state index in [9.17, 15) is 14.7 Å². The normalized spacial score (nSPS) is 19.4. The lowest BCUT2D eigenvalue weighted by Gasteiger charge is -2.28. The molecule has 24 heavy (non-hydrogen) atoms. The molecular formula is C16H16N2O6. The average molecular weight is 332 g/mol. The van der Waals surface area contributed by atoms with Crippen LogP contribution >= 0.6 is 0 Å². The third-order valence-electron chi connectivity index (χ3n) is 4.07. The summed E-state index contributed by atoms with van der Waals surface area (Å²) in [5, 5.41) is 16.5. The molecule has 1 aliphatic heterocycles. The largest absolute Gasteiger partial charge is 0.504 e. The predicted molar refractivity (Wildman–Crippen MR) is 81.0 cm³/mol. The second-order valence-corrected chi connectivity index (χ2v) is 5.40. The highest BCUT2D eigenvalue weighted by atomic mass is 16.6. The molecule has 1 aliphatic rings. The lowest BCUT2D eigenvalue weighted by molar-refractivity contribution is -0.157. The Labute approximate surface area is 137 Å². The van der Waals surface area contributed by atoms with Gasteiger partial charge in [0.2, 0.25) is 5.88 Å². The summed E-state index contributed by atoms with van der Waals surface area (Å²) in [4.78, 5) is 24.5. The first kappa shape index (κ1) is 15.9. The molecule has 2 aromatic rings. The molecule has 2 heterocycles. The van der Waals surface area contributed by atoms with Gasteiger partial charge >= 0.3 is 11.9 Å². The topological polar surface area (TPSA) is 111 Å². The summed E-state index contributed by atoms with van der Waals surface area (Å²) in [7, 11) is 2.63. The molecule has 0 aliphatic carbocycles. The Morgan fingerprint density at radius 2 is 2.12 bits per heavy atom. The second kappa shape index (κ2) is 5.88. The number of aryl methyl sites for hydroxylation is 1. The van der Waals surface area contributed by atoms with Crippen molar-refractivity contribution >= 4 is 11.9 Å². The minimum absolute atomic E-state index is 0.0432. The van der Waals surface area contributed by atoms with E-state index < -0.39 is 23.8 Å². The van der Waals surface area contributed by atoms with Gasteiger partial charge in [-0.15, -0.1) is 5.10 Å². The molecule has 0 radical (unpaired) electrons. The monoisotopic (exact) mass is 332 g/mol. The summed E-state index contributed by atoms with van der Waals surface area (Å²) >= 11 is 0. The molecule has 0 saturated heterocycles. The maximum atomic E-state index is 12.3. The molecular weight excluding hydrogens is 316 g/mol. The van der Waals surface area contributed by atoms with Gasteiger partial charge in [-0.05, 0) is 24.6 Å². The number of rotatable bonds is 3. The fourth-order valence-electron chi connectivity index (χ4n) is 2.93. The van der Waals surface area contributed by atoms with E-state index in [0.717, 1.165) is 0 Å². The van der Waals surface area contributed by atoms with Crippen LogP contribution < -0.4 is 9.47 Å². The van der Waals surface area contributed by atoms with Crippen LogP contribution in [0.5, 0.6) is 17.4 Å². The van der Waals surface area contributed by atoms with Crippen molar-refractivity contribution in [2.75, 3.05) is 14.2 Å². The molecule has 0 amide bonds. The number of fused-ring (bicyclic) bond motifs is 1. The number of methoxy groups -OCH3 is 2. The van der Waals surface area contributed by atoms with Gasteiger partial charge in [0.25, 0.3) is 0 Å². The highest BCUT2D eigenvalue weighted by Gasteiger charge is 2.46. The maximum Gasteiger partial charge on any atom is 0.328 e. The smallest absolute Gasteiger partial charge is 0.328 e. The fraction of sp³-hybridized carbons (Fsp3) is 0.312. The number of nitrogens with zero attached hydrogens (tertiary/aromatic N) is 1. The first-order valence-corrected chi connectivity index (χ1v) is 7.19. The number of ether oxygens (including phenoxy) is 3. The number of nitrogens with one attached hydrogen (secondary N) is 1. The van der Waals surface area contributed by atoms with Gasteiger partial charge < -0.3 is 19.3 Å². The molecule has 0 fully saturated rings. The van der Waals surface area contributed by atoms with Crippen molar-refractivity contribution in [1.82, 2.24) is 10.2 Å². The Bertz CT molecular complexity index is 813. The molecule has 1 aromatic carbocycles. The first-order chi connectivity index (χ1) is 11.5. The Balaban J connectivity index is 2.21. The lowest BCUT2D eigenvalue weighted by atomic mass is 9.79. The molecule has 0 bridgehead atoms. The number of hydrogen-bond donors (Lipinski definition) is 2. The van der Waals surface area contributed by atoms with Crippen molar-refractivity contribution in [1.29, 1.82) is 0 Å². The Hall–Kier alpha value is -3.03. The number of aromatic nitrogens is 2. The van der Waals surface area contributed by atoms with Crippen LogP contribution in [0, 0.1) is 12.8 Å². The Morgan fingerprint density at radius 3 is 2.79 bits per heavy atom. The van der Waals surface area contributed by atoms with Crippen LogP contribution in [-0.2, 0) is 14.3 Å². The van der Waals surface area contributed by atoms with Crippen molar-refractivity contribution < 1.29 is 28.9 Å². The predicted octanol–water partition coefficient (Wildman–Crippen LogP) is 1.27. The number of carbonyl (C=O) groups excluding carboxylic acids is 2. The number of carbonyl (C=O) groups is 2. The number of hydrogen-bond acceptors (Lipinski definition) is 7. The molecule has 126 valence electrons. The van der Waals surface area contributed by atoms with Crippen LogP contribution in [0.1, 0.15) is 22.7 Å². The summed E-state index contributed by atoms with van der Waals surface area (Å²) in [6.07, 6.45) is 0. The van der Waals surface area contributed by atoms with Gasteiger partial charge in [0.1, 0.15) is 0 Å². The number of aromatic hydroxyl groups is 1. The van der Waals surface area contributed by atoms with Crippen LogP contribution in [0.25, 0.3) is 0 Å². The van der Waals surface area contributed by atoms with Gasteiger partial charge in [-0.2, -0.15) is 0 Å².